The zero-order chi connectivity index (χ0) is 32.3. The second-order valence-corrected chi connectivity index (χ2v) is 15.9. The van der Waals surface area contributed by atoms with Crippen LogP contribution >= 0.6 is 0 Å². The van der Waals surface area contributed by atoms with Crippen molar-refractivity contribution in [2.45, 2.75) is 142 Å². The molecule has 4 saturated carbocycles. The molecular weight excluding hydrogens is 562 g/mol. The Bertz CT molecular complexity index is 833. The highest BCUT2D eigenvalue weighted by Gasteiger charge is 2.66. The summed E-state index contributed by atoms with van der Waals surface area (Å²) in [5, 5.41) is 0. The minimum Gasteiger partial charge on any atom is -0.381 e. The molecule has 0 spiro atoms. The van der Waals surface area contributed by atoms with Gasteiger partial charge >= 0.3 is 0 Å². The van der Waals surface area contributed by atoms with Crippen molar-refractivity contribution in [2.24, 2.45) is 63.5 Å². The number of fused-ring (bicyclic) bond motifs is 5. The molecule has 0 saturated heterocycles. The zero-order valence-electron chi connectivity index (χ0n) is 29.8. The first-order valence-corrected chi connectivity index (χ1v) is 19.4. The molecule has 0 aromatic heterocycles. The van der Waals surface area contributed by atoms with Crippen molar-refractivity contribution in [3.63, 3.8) is 0 Å². The van der Waals surface area contributed by atoms with Crippen LogP contribution in [0.25, 0.3) is 0 Å². The minimum atomic E-state index is 0.165. The molecule has 7 nitrogen and oxygen atoms in total. The Balaban J connectivity index is 1.54. The van der Waals surface area contributed by atoms with E-state index >= 15 is 0 Å². The van der Waals surface area contributed by atoms with Crippen LogP contribution < -0.4 is 17.2 Å². The van der Waals surface area contributed by atoms with E-state index in [2.05, 4.69) is 27.7 Å². The van der Waals surface area contributed by atoms with Crippen LogP contribution in [0.15, 0.2) is 0 Å². The predicted molar refractivity (Wildman–Crippen MR) is 185 cm³/mol. The Morgan fingerprint density at radius 3 is 2.11 bits per heavy atom. The van der Waals surface area contributed by atoms with Crippen molar-refractivity contribution >= 4 is 0 Å². The van der Waals surface area contributed by atoms with Gasteiger partial charge in [0.25, 0.3) is 0 Å². The van der Waals surface area contributed by atoms with Gasteiger partial charge in [0.2, 0.25) is 0 Å². The fourth-order valence-electron chi connectivity index (χ4n) is 10.9. The summed E-state index contributed by atoms with van der Waals surface area (Å²) in [6.07, 6.45) is 18.4. The first kappa shape index (κ1) is 37.5. The molecule has 0 aromatic carbocycles. The van der Waals surface area contributed by atoms with Crippen LogP contribution in [-0.2, 0) is 18.9 Å². The van der Waals surface area contributed by atoms with Crippen molar-refractivity contribution in [1.29, 1.82) is 0 Å². The molecular formula is C38H73N3O4. The molecule has 11 atom stereocenters. The molecule has 0 amide bonds. The molecule has 3 unspecified atom stereocenters. The van der Waals surface area contributed by atoms with Crippen LogP contribution in [0.1, 0.15) is 124 Å². The smallest absolute Gasteiger partial charge is 0.0637 e. The molecule has 4 rings (SSSR count). The van der Waals surface area contributed by atoms with Crippen LogP contribution in [0.5, 0.6) is 0 Å². The Morgan fingerprint density at radius 2 is 1.40 bits per heavy atom. The van der Waals surface area contributed by atoms with E-state index < -0.39 is 0 Å². The minimum absolute atomic E-state index is 0.165. The monoisotopic (exact) mass is 636 g/mol. The molecule has 264 valence electrons. The lowest BCUT2D eigenvalue weighted by molar-refractivity contribution is -0.227. The summed E-state index contributed by atoms with van der Waals surface area (Å²) < 4.78 is 26.3. The van der Waals surface area contributed by atoms with Gasteiger partial charge in [-0.15, -0.1) is 0 Å². The van der Waals surface area contributed by atoms with E-state index in [4.69, 9.17) is 36.1 Å². The highest BCUT2D eigenvalue weighted by Crippen LogP contribution is 2.69. The van der Waals surface area contributed by atoms with E-state index in [1.165, 1.54) is 57.8 Å². The second kappa shape index (κ2) is 18.5. The van der Waals surface area contributed by atoms with Crippen LogP contribution in [-0.4, -0.2) is 71.0 Å². The molecule has 7 heteroatoms. The van der Waals surface area contributed by atoms with Gasteiger partial charge in [-0.2, -0.15) is 0 Å². The lowest BCUT2D eigenvalue weighted by atomic mass is 9.43. The van der Waals surface area contributed by atoms with Crippen molar-refractivity contribution in [3.05, 3.63) is 0 Å². The van der Waals surface area contributed by atoms with E-state index in [-0.39, 0.29) is 11.5 Å². The summed E-state index contributed by atoms with van der Waals surface area (Å²) in [5.41, 5.74) is 18.2. The quantitative estimate of drug-likeness (QED) is 0.120. The van der Waals surface area contributed by atoms with E-state index in [9.17, 15) is 0 Å². The van der Waals surface area contributed by atoms with Gasteiger partial charge in [0, 0.05) is 38.4 Å². The highest BCUT2D eigenvalue weighted by molar-refractivity contribution is 5.15. The predicted octanol–water partition coefficient (Wildman–Crippen LogP) is 6.69. The number of hydrogen-bond donors (Lipinski definition) is 3. The number of hydrogen-bond acceptors (Lipinski definition) is 7. The van der Waals surface area contributed by atoms with Gasteiger partial charge in [-0.1, -0.05) is 40.5 Å². The highest BCUT2D eigenvalue weighted by atomic mass is 16.5. The molecule has 4 aliphatic rings. The van der Waals surface area contributed by atoms with Crippen LogP contribution in [0.2, 0.25) is 0 Å². The standard InChI is InChI=1S/C38H73N3O4/c1-5-6-7-20-42-21-8-12-28(2)31-13-14-32-36-33(27-35(38(31,32)4)45-24-11-19-41)37(3)16-15-30(43-22-9-17-39)25-29(37)26-34(36)44-23-10-18-40/h28-36H,5-27,39-41H2,1-4H3/t28-,29?,30-,31-,32+,33+,34-,35+,36?,37+,38?/m1/s1. The molecule has 0 bridgehead atoms. The van der Waals surface area contributed by atoms with Gasteiger partial charge in [0.15, 0.2) is 0 Å². The largest absolute Gasteiger partial charge is 0.381 e. The SMILES string of the molecule is CCCCCOCCC[C@@H](C)[C@H]1CC[C@H]2C3[C@H](OCCCN)CC4C[C@H](OCCCN)CC[C@]4(C)[C@H]3C[C@H](OCCCN)C12C. The molecule has 4 fully saturated rings. The Labute approximate surface area is 277 Å². The Morgan fingerprint density at radius 1 is 0.711 bits per heavy atom. The topological polar surface area (TPSA) is 115 Å². The summed E-state index contributed by atoms with van der Waals surface area (Å²) in [6.45, 7) is 16.3. The fourth-order valence-corrected chi connectivity index (χ4v) is 10.9. The maximum Gasteiger partial charge on any atom is 0.0637 e. The van der Waals surface area contributed by atoms with Crippen molar-refractivity contribution < 1.29 is 18.9 Å². The third-order valence-electron chi connectivity index (χ3n) is 13.3. The molecule has 0 aliphatic heterocycles. The number of nitrogens with two attached hydrogens (primary N) is 3. The summed E-state index contributed by atoms with van der Waals surface area (Å²) >= 11 is 0. The lowest BCUT2D eigenvalue weighted by Crippen LogP contribution is -2.63. The van der Waals surface area contributed by atoms with Gasteiger partial charge in [-0.3, -0.25) is 0 Å². The number of unbranched alkanes of at least 4 members (excludes halogenated alkanes) is 2. The maximum atomic E-state index is 7.00. The van der Waals surface area contributed by atoms with E-state index in [1.807, 2.05) is 0 Å². The van der Waals surface area contributed by atoms with Gasteiger partial charge in [-0.25, -0.2) is 0 Å². The Kier molecular flexibility index (Phi) is 15.4. The third kappa shape index (κ3) is 8.85. The van der Waals surface area contributed by atoms with Gasteiger partial charge in [0.1, 0.15) is 0 Å². The summed E-state index contributed by atoms with van der Waals surface area (Å²) in [4.78, 5) is 0. The van der Waals surface area contributed by atoms with E-state index in [0.29, 0.717) is 72.8 Å². The van der Waals surface area contributed by atoms with E-state index in [1.54, 1.807) is 0 Å². The first-order valence-electron chi connectivity index (χ1n) is 19.4. The average Bonchev–Trinajstić information content (AvgIpc) is 3.39. The van der Waals surface area contributed by atoms with Crippen LogP contribution in [0.3, 0.4) is 0 Å². The number of ether oxygens (including phenoxy) is 4. The van der Waals surface area contributed by atoms with Crippen molar-refractivity contribution in [2.75, 3.05) is 52.7 Å². The second-order valence-electron chi connectivity index (χ2n) is 15.9. The average molecular weight is 636 g/mol. The van der Waals surface area contributed by atoms with Gasteiger partial charge in [0.05, 0.1) is 18.3 Å². The molecule has 6 N–H and O–H groups in total. The molecule has 0 aromatic rings. The summed E-state index contributed by atoms with van der Waals surface area (Å²) in [5.74, 6) is 3.82. The number of rotatable bonds is 21. The molecule has 45 heavy (non-hydrogen) atoms. The van der Waals surface area contributed by atoms with Crippen molar-refractivity contribution in [3.8, 4) is 0 Å². The molecule has 0 heterocycles. The summed E-state index contributed by atoms with van der Waals surface area (Å²) in [7, 11) is 0. The molecule has 4 aliphatic carbocycles. The van der Waals surface area contributed by atoms with Crippen molar-refractivity contribution in [1.82, 2.24) is 0 Å². The van der Waals surface area contributed by atoms with Crippen LogP contribution in [0.4, 0.5) is 0 Å². The van der Waals surface area contributed by atoms with E-state index in [0.717, 1.165) is 71.6 Å². The Hall–Kier alpha value is -0.280. The third-order valence-corrected chi connectivity index (χ3v) is 13.3. The first-order chi connectivity index (χ1) is 21.8. The maximum absolute atomic E-state index is 7.00. The van der Waals surface area contributed by atoms with Crippen LogP contribution in [0, 0.1) is 46.3 Å². The fraction of sp³-hybridized carbons (Fsp3) is 1.00. The molecule has 0 radical (unpaired) electrons. The normalized spacial score (nSPS) is 38.5. The zero-order valence-corrected chi connectivity index (χ0v) is 29.8. The van der Waals surface area contributed by atoms with Gasteiger partial charge in [-0.05, 0) is 144 Å². The lowest BCUT2D eigenvalue weighted by Gasteiger charge is -2.65. The van der Waals surface area contributed by atoms with Gasteiger partial charge < -0.3 is 36.1 Å². The summed E-state index contributed by atoms with van der Waals surface area (Å²) in [6, 6.07) is 0.